The molecule has 1 fully saturated rings. The molecular formula is C25H28FN3O3. The SMILES string of the molecule is Cc1c(C(=O)N2CCC[C@](COc3ccc(F)cc3)(CC(N)=O)C2)c2ccccc2n1C. The van der Waals surface area contributed by atoms with E-state index in [4.69, 9.17) is 10.5 Å². The van der Waals surface area contributed by atoms with Gasteiger partial charge in [-0.3, -0.25) is 9.59 Å². The third kappa shape index (κ3) is 4.20. The minimum Gasteiger partial charge on any atom is -0.493 e. The van der Waals surface area contributed by atoms with Crippen LogP contribution in [0.5, 0.6) is 5.75 Å². The fourth-order valence-electron chi connectivity index (χ4n) is 4.78. The lowest BCUT2D eigenvalue weighted by Crippen LogP contribution is -2.50. The Morgan fingerprint density at radius 1 is 1.16 bits per heavy atom. The molecule has 7 heteroatoms. The maximum atomic E-state index is 13.6. The monoisotopic (exact) mass is 437 g/mol. The van der Waals surface area contributed by atoms with Gasteiger partial charge in [0, 0.05) is 48.6 Å². The fourth-order valence-corrected chi connectivity index (χ4v) is 4.78. The molecule has 6 nitrogen and oxygen atoms in total. The molecule has 0 aliphatic carbocycles. The van der Waals surface area contributed by atoms with Crippen molar-refractivity contribution in [3.05, 3.63) is 65.6 Å². The summed E-state index contributed by atoms with van der Waals surface area (Å²) >= 11 is 0. The van der Waals surface area contributed by atoms with Crippen LogP contribution in [0.25, 0.3) is 10.9 Å². The summed E-state index contributed by atoms with van der Waals surface area (Å²) in [6.07, 6.45) is 1.58. The van der Waals surface area contributed by atoms with Crippen LogP contribution in [0.1, 0.15) is 35.3 Å². The number of nitrogens with zero attached hydrogens (tertiary/aromatic N) is 2. The van der Waals surface area contributed by atoms with Crippen molar-refractivity contribution < 1.29 is 18.7 Å². The molecule has 1 saturated heterocycles. The number of nitrogens with two attached hydrogens (primary N) is 1. The third-order valence-corrected chi connectivity index (χ3v) is 6.47. The molecule has 2 aromatic carbocycles. The standard InChI is InChI=1S/C25H28FN3O3/c1-17-23(20-6-3-4-7-21(20)28(17)2)24(31)29-13-5-12-25(15-29,14-22(27)30)16-32-19-10-8-18(26)9-11-19/h3-4,6-11H,5,12-16H2,1-2H3,(H2,27,30)/t25-/m0/s1. The van der Waals surface area contributed by atoms with Crippen molar-refractivity contribution >= 4 is 22.7 Å². The maximum absolute atomic E-state index is 13.6. The average Bonchev–Trinajstić information content (AvgIpc) is 3.03. The molecule has 3 aromatic rings. The van der Waals surface area contributed by atoms with Crippen LogP contribution in [-0.2, 0) is 11.8 Å². The minimum absolute atomic E-state index is 0.0466. The van der Waals surface area contributed by atoms with E-state index in [0.717, 1.165) is 29.4 Å². The number of hydrogen-bond donors (Lipinski definition) is 1. The van der Waals surface area contributed by atoms with E-state index in [-0.39, 0.29) is 24.8 Å². The number of carbonyl (C=O) groups excluding carboxylic acids is 2. The van der Waals surface area contributed by atoms with Gasteiger partial charge in [0.15, 0.2) is 0 Å². The second kappa shape index (κ2) is 8.65. The Morgan fingerprint density at radius 2 is 1.88 bits per heavy atom. The van der Waals surface area contributed by atoms with Gasteiger partial charge in [0.2, 0.25) is 5.91 Å². The number of aromatic nitrogens is 1. The lowest BCUT2D eigenvalue weighted by atomic mass is 9.77. The van der Waals surface area contributed by atoms with Crippen LogP contribution < -0.4 is 10.5 Å². The summed E-state index contributed by atoms with van der Waals surface area (Å²) in [4.78, 5) is 27.4. The van der Waals surface area contributed by atoms with Crippen molar-refractivity contribution in [2.45, 2.75) is 26.2 Å². The molecule has 168 valence electrons. The third-order valence-electron chi connectivity index (χ3n) is 6.47. The van der Waals surface area contributed by atoms with Crippen molar-refractivity contribution in [1.82, 2.24) is 9.47 Å². The van der Waals surface area contributed by atoms with Crippen molar-refractivity contribution in [1.29, 1.82) is 0 Å². The first-order valence-corrected chi connectivity index (χ1v) is 10.8. The first-order chi connectivity index (χ1) is 15.3. The van der Waals surface area contributed by atoms with E-state index < -0.39 is 11.3 Å². The van der Waals surface area contributed by atoms with Crippen LogP contribution in [0.3, 0.4) is 0 Å². The van der Waals surface area contributed by atoms with Crippen LogP contribution in [-0.4, -0.2) is 41.0 Å². The summed E-state index contributed by atoms with van der Waals surface area (Å²) < 4.78 is 21.2. The molecule has 2 heterocycles. The van der Waals surface area contributed by atoms with E-state index in [1.165, 1.54) is 12.1 Å². The van der Waals surface area contributed by atoms with Gasteiger partial charge >= 0.3 is 0 Å². The number of fused-ring (bicyclic) bond motifs is 1. The molecule has 0 bridgehead atoms. The quantitative estimate of drug-likeness (QED) is 0.637. The molecular weight excluding hydrogens is 409 g/mol. The van der Waals surface area contributed by atoms with Crippen molar-refractivity contribution in [3.8, 4) is 5.75 Å². The first-order valence-electron chi connectivity index (χ1n) is 10.8. The smallest absolute Gasteiger partial charge is 0.256 e. The Hall–Kier alpha value is -3.35. The molecule has 1 aromatic heterocycles. The molecule has 1 atom stereocenters. The van der Waals surface area contributed by atoms with Gasteiger partial charge in [-0.25, -0.2) is 4.39 Å². The predicted molar refractivity (Wildman–Crippen MR) is 121 cm³/mol. The lowest BCUT2D eigenvalue weighted by Gasteiger charge is -2.42. The normalized spacial score (nSPS) is 18.7. The number of benzene rings is 2. The second-order valence-corrected chi connectivity index (χ2v) is 8.75. The van der Waals surface area contributed by atoms with Crippen molar-refractivity contribution in [2.24, 2.45) is 18.2 Å². The number of amides is 2. The van der Waals surface area contributed by atoms with Crippen LogP contribution in [0.4, 0.5) is 4.39 Å². The number of rotatable bonds is 6. The molecule has 4 rings (SSSR count). The van der Waals surface area contributed by atoms with Gasteiger partial charge in [0.1, 0.15) is 11.6 Å². The highest BCUT2D eigenvalue weighted by Crippen LogP contribution is 2.36. The summed E-state index contributed by atoms with van der Waals surface area (Å²) in [5.41, 5.74) is 7.60. The molecule has 1 aliphatic rings. The number of piperidine rings is 1. The van der Waals surface area contributed by atoms with Crippen LogP contribution in [0.15, 0.2) is 48.5 Å². The van der Waals surface area contributed by atoms with Crippen molar-refractivity contribution in [2.75, 3.05) is 19.7 Å². The van der Waals surface area contributed by atoms with Gasteiger partial charge in [-0.15, -0.1) is 0 Å². The van der Waals surface area contributed by atoms with Crippen LogP contribution in [0.2, 0.25) is 0 Å². The molecule has 2 amide bonds. The molecule has 0 unspecified atom stereocenters. The molecule has 2 N–H and O–H groups in total. The van der Waals surface area contributed by atoms with E-state index in [1.54, 1.807) is 12.1 Å². The van der Waals surface area contributed by atoms with Gasteiger partial charge < -0.3 is 19.9 Å². The lowest BCUT2D eigenvalue weighted by molar-refractivity contribution is -0.122. The zero-order valence-electron chi connectivity index (χ0n) is 18.4. The highest BCUT2D eigenvalue weighted by atomic mass is 19.1. The van der Waals surface area contributed by atoms with Crippen LogP contribution >= 0.6 is 0 Å². The van der Waals surface area contributed by atoms with E-state index >= 15 is 0 Å². The topological polar surface area (TPSA) is 77.6 Å². The number of likely N-dealkylation sites (tertiary alicyclic amines) is 1. The van der Waals surface area contributed by atoms with Gasteiger partial charge in [-0.1, -0.05) is 18.2 Å². The number of ether oxygens (including phenoxy) is 1. The minimum atomic E-state index is -0.591. The largest absolute Gasteiger partial charge is 0.493 e. The van der Waals surface area contributed by atoms with Crippen molar-refractivity contribution in [3.63, 3.8) is 0 Å². The average molecular weight is 438 g/mol. The molecule has 0 radical (unpaired) electrons. The molecule has 1 aliphatic heterocycles. The summed E-state index contributed by atoms with van der Waals surface area (Å²) in [5.74, 6) is -0.300. The Balaban J connectivity index is 1.60. The van der Waals surface area contributed by atoms with E-state index in [2.05, 4.69) is 0 Å². The molecule has 32 heavy (non-hydrogen) atoms. The summed E-state index contributed by atoms with van der Waals surface area (Å²) in [6.45, 7) is 3.16. The number of aryl methyl sites for hydroxylation is 1. The van der Waals surface area contributed by atoms with E-state index in [0.29, 0.717) is 24.4 Å². The highest BCUT2D eigenvalue weighted by molar-refractivity contribution is 6.08. The Morgan fingerprint density at radius 3 is 2.59 bits per heavy atom. The predicted octanol–water partition coefficient (Wildman–Crippen LogP) is 3.80. The summed E-state index contributed by atoms with van der Waals surface area (Å²) in [7, 11) is 1.96. The zero-order valence-corrected chi connectivity index (χ0v) is 18.4. The second-order valence-electron chi connectivity index (χ2n) is 8.75. The van der Waals surface area contributed by atoms with Gasteiger partial charge in [-0.05, 0) is 50.1 Å². The number of hydrogen-bond acceptors (Lipinski definition) is 3. The van der Waals surface area contributed by atoms with Crippen LogP contribution in [0, 0.1) is 18.2 Å². The molecule has 0 saturated carbocycles. The zero-order chi connectivity index (χ0) is 22.9. The Bertz CT molecular complexity index is 1160. The summed E-state index contributed by atoms with van der Waals surface area (Å²) in [5, 5.41) is 0.922. The van der Waals surface area contributed by atoms with Gasteiger partial charge in [-0.2, -0.15) is 0 Å². The number of para-hydroxylation sites is 1. The fraction of sp³-hybridized carbons (Fsp3) is 0.360. The Kier molecular flexibility index (Phi) is 5.91. The number of halogens is 1. The number of carbonyl (C=O) groups is 2. The highest BCUT2D eigenvalue weighted by Gasteiger charge is 2.40. The first kappa shape index (κ1) is 21.9. The van der Waals surface area contributed by atoms with Gasteiger partial charge in [0.05, 0.1) is 12.2 Å². The summed E-state index contributed by atoms with van der Waals surface area (Å²) in [6, 6.07) is 13.6. The van der Waals surface area contributed by atoms with Gasteiger partial charge in [0.25, 0.3) is 5.91 Å². The maximum Gasteiger partial charge on any atom is 0.256 e. The number of primary amides is 1. The van der Waals surface area contributed by atoms with E-state index in [1.807, 2.05) is 47.7 Å². The van der Waals surface area contributed by atoms with E-state index in [9.17, 15) is 14.0 Å². The Labute approximate surface area is 186 Å². The molecule has 0 spiro atoms.